The lowest BCUT2D eigenvalue weighted by Gasteiger charge is -1.99. The van der Waals surface area contributed by atoms with Gasteiger partial charge in [0.15, 0.2) is 5.03 Å². The Morgan fingerprint density at radius 3 is 2.80 bits per heavy atom. The number of aromatic nitrogens is 3. The second-order valence-electron chi connectivity index (χ2n) is 2.69. The zero-order valence-electron chi connectivity index (χ0n) is 7.32. The average Bonchev–Trinajstić information content (AvgIpc) is 2.16. The fourth-order valence-electron chi connectivity index (χ4n) is 1.18. The van der Waals surface area contributed by atoms with Crippen LogP contribution < -0.4 is 10.4 Å². The minimum Gasteiger partial charge on any atom is -0.569 e. The van der Waals surface area contributed by atoms with Gasteiger partial charge in [0.25, 0.3) is 5.82 Å². The Hall–Kier alpha value is -2.51. The van der Waals surface area contributed by atoms with Crippen LogP contribution in [0.25, 0.3) is 10.9 Å². The predicted octanol–water partition coefficient (Wildman–Crippen LogP) is -0.133. The van der Waals surface area contributed by atoms with Gasteiger partial charge in [0.1, 0.15) is 5.52 Å². The van der Waals surface area contributed by atoms with Crippen LogP contribution in [0.2, 0.25) is 0 Å². The minimum atomic E-state index is -0.783. The lowest BCUT2D eigenvalue weighted by molar-refractivity contribution is -0.725. The van der Waals surface area contributed by atoms with E-state index in [4.69, 9.17) is 0 Å². The van der Waals surface area contributed by atoms with Crippen molar-refractivity contribution in [2.75, 3.05) is 5.43 Å². The third-order valence-electron chi connectivity index (χ3n) is 1.74. The van der Waals surface area contributed by atoms with E-state index in [1.165, 1.54) is 0 Å². The van der Waals surface area contributed by atoms with Crippen molar-refractivity contribution in [1.82, 2.24) is 10.2 Å². The minimum absolute atomic E-state index is 0.0359. The molecule has 2 aromatic rings. The van der Waals surface area contributed by atoms with Gasteiger partial charge in [0, 0.05) is 5.10 Å². The van der Waals surface area contributed by atoms with Gasteiger partial charge < -0.3 is 5.21 Å². The van der Waals surface area contributed by atoms with Crippen LogP contribution in [0.5, 0.6) is 0 Å². The largest absolute Gasteiger partial charge is 0.569 e. The van der Waals surface area contributed by atoms with Crippen LogP contribution in [-0.4, -0.2) is 15.2 Å². The average molecular weight is 207 g/mol. The third kappa shape index (κ3) is 1.73. The molecule has 0 radical (unpaired) electrons. The van der Waals surface area contributed by atoms with Crippen molar-refractivity contribution in [3.8, 4) is 0 Å². The maximum atomic E-state index is 10.9. The number of hydrogen-bond donors (Lipinski definition) is 1. The summed E-state index contributed by atoms with van der Waals surface area (Å²) in [5.41, 5.74) is 2.18. The summed E-state index contributed by atoms with van der Waals surface area (Å²) in [6.45, 7) is 0. The van der Waals surface area contributed by atoms with Crippen LogP contribution in [0.4, 0.5) is 5.82 Å². The third-order valence-corrected chi connectivity index (χ3v) is 1.74. The molecular formula is C7H5N5O3. The first-order valence-electron chi connectivity index (χ1n) is 3.95. The Kier molecular flexibility index (Phi) is 2.01. The summed E-state index contributed by atoms with van der Waals surface area (Å²) in [5, 5.41) is 27.7. The number of rotatable bonds is 2. The molecule has 0 aliphatic heterocycles. The van der Waals surface area contributed by atoms with Crippen molar-refractivity contribution >= 4 is 16.7 Å². The number of hydrazine groups is 1. The van der Waals surface area contributed by atoms with E-state index in [0.29, 0.717) is 10.9 Å². The number of fused-ring (bicyclic) bond motifs is 1. The monoisotopic (exact) mass is 207 g/mol. The summed E-state index contributed by atoms with van der Waals surface area (Å²) in [7, 11) is 0. The van der Waals surface area contributed by atoms with Gasteiger partial charge in [-0.2, -0.15) is 0 Å². The van der Waals surface area contributed by atoms with Crippen LogP contribution in [0, 0.1) is 15.3 Å². The summed E-state index contributed by atoms with van der Waals surface area (Å²) in [5.74, 6) is -0.124. The Morgan fingerprint density at radius 2 is 2.07 bits per heavy atom. The van der Waals surface area contributed by atoms with Gasteiger partial charge in [0.2, 0.25) is 0 Å². The Labute approximate surface area is 82.8 Å². The molecule has 1 N–H and O–H groups in total. The second kappa shape index (κ2) is 3.33. The fourth-order valence-corrected chi connectivity index (χ4v) is 1.18. The SMILES string of the molecule is O=[N+]([O-])Nc1n[n+]([O-])nc2ccccc12. The van der Waals surface area contributed by atoms with Gasteiger partial charge >= 0.3 is 0 Å². The first-order chi connectivity index (χ1) is 7.16. The Balaban J connectivity index is 2.65. The standard InChI is InChI=1S/C7H5N5O3/c13-11-8-6-4-2-1-3-5(6)7(9-11)10-12(14)15/h1-4H,(H,8,9,10). The molecule has 1 heterocycles. The molecule has 8 nitrogen and oxygen atoms in total. The Bertz CT molecular complexity index is 529. The summed E-state index contributed by atoms with van der Waals surface area (Å²) < 4.78 is 0. The molecule has 15 heavy (non-hydrogen) atoms. The van der Waals surface area contributed by atoms with Crippen LogP contribution in [-0.2, 0) is 0 Å². The number of anilines is 1. The molecule has 0 aliphatic rings. The molecule has 0 spiro atoms. The number of nitrogens with one attached hydrogen (secondary N) is 1. The maximum Gasteiger partial charge on any atom is 0.270 e. The highest BCUT2D eigenvalue weighted by Crippen LogP contribution is 2.16. The summed E-state index contributed by atoms with van der Waals surface area (Å²) in [6.07, 6.45) is 0. The molecule has 1 aromatic carbocycles. The van der Waals surface area contributed by atoms with Crippen molar-refractivity contribution in [1.29, 1.82) is 0 Å². The van der Waals surface area contributed by atoms with Gasteiger partial charge in [0.05, 0.1) is 15.4 Å². The van der Waals surface area contributed by atoms with E-state index in [1.54, 1.807) is 24.3 Å². The summed E-state index contributed by atoms with van der Waals surface area (Å²) >= 11 is 0. The fraction of sp³-hybridized carbons (Fsp3) is 0. The first-order valence-corrected chi connectivity index (χ1v) is 3.95. The van der Waals surface area contributed by atoms with E-state index in [0.717, 1.165) is 0 Å². The van der Waals surface area contributed by atoms with Gasteiger partial charge in [-0.1, -0.05) is 17.6 Å². The number of nitro groups is 1. The zero-order valence-corrected chi connectivity index (χ0v) is 7.32. The topological polar surface area (TPSA) is 108 Å². The van der Waals surface area contributed by atoms with E-state index in [2.05, 4.69) is 10.2 Å². The molecule has 76 valence electrons. The normalized spacial score (nSPS) is 10.1. The number of benzene rings is 1. The van der Waals surface area contributed by atoms with Crippen LogP contribution in [0.15, 0.2) is 24.3 Å². The second-order valence-corrected chi connectivity index (χ2v) is 2.69. The van der Waals surface area contributed by atoms with Crippen molar-refractivity contribution < 1.29 is 9.99 Å². The molecule has 0 unspecified atom stereocenters. The summed E-state index contributed by atoms with van der Waals surface area (Å²) in [4.78, 5) is 10.3. The molecule has 0 amide bonds. The van der Waals surface area contributed by atoms with Crippen molar-refractivity contribution in [3.63, 3.8) is 0 Å². The smallest absolute Gasteiger partial charge is 0.270 e. The number of nitrogens with zero attached hydrogens (tertiary/aromatic N) is 4. The maximum absolute atomic E-state index is 10.9. The lowest BCUT2D eigenvalue weighted by Crippen LogP contribution is -2.36. The van der Waals surface area contributed by atoms with E-state index < -0.39 is 5.03 Å². The van der Waals surface area contributed by atoms with Crippen molar-refractivity contribution in [2.24, 2.45) is 0 Å². The molecule has 0 aliphatic carbocycles. The highest BCUT2D eigenvalue weighted by atomic mass is 16.7. The molecule has 0 saturated carbocycles. The van der Waals surface area contributed by atoms with Crippen LogP contribution in [0.1, 0.15) is 0 Å². The highest BCUT2D eigenvalue weighted by Gasteiger charge is 2.13. The quantitative estimate of drug-likeness (QED) is 0.318. The predicted molar refractivity (Wildman–Crippen MR) is 49.1 cm³/mol. The van der Waals surface area contributed by atoms with Gasteiger partial charge in [-0.25, -0.2) is 10.1 Å². The molecule has 0 saturated heterocycles. The summed E-state index contributed by atoms with van der Waals surface area (Å²) in [6, 6.07) is 6.49. The van der Waals surface area contributed by atoms with Gasteiger partial charge in [-0.3, -0.25) is 0 Å². The number of hydrogen-bond acceptors (Lipinski definition) is 5. The van der Waals surface area contributed by atoms with E-state index in [1.807, 2.05) is 5.43 Å². The zero-order chi connectivity index (χ0) is 10.8. The Morgan fingerprint density at radius 1 is 1.33 bits per heavy atom. The van der Waals surface area contributed by atoms with E-state index >= 15 is 0 Å². The molecule has 0 fully saturated rings. The molecule has 0 bridgehead atoms. The van der Waals surface area contributed by atoms with E-state index in [9.17, 15) is 15.3 Å². The highest BCUT2D eigenvalue weighted by molar-refractivity contribution is 5.87. The molecular weight excluding hydrogens is 202 g/mol. The molecule has 2 rings (SSSR count). The van der Waals surface area contributed by atoms with Crippen molar-refractivity contribution in [3.05, 3.63) is 39.6 Å². The van der Waals surface area contributed by atoms with Gasteiger partial charge in [-0.05, 0) is 12.1 Å². The van der Waals surface area contributed by atoms with Crippen molar-refractivity contribution in [2.45, 2.75) is 0 Å². The van der Waals surface area contributed by atoms with Crippen LogP contribution in [0.3, 0.4) is 0 Å². The molecule has 0 atom stereocenters. The van der Waals surface area contributed by atoms with Gasteiger partial charge in [-0.15, -0.1) is 0 Å². The van der Waals surface area contributed by atoms with Crippen LogP contribution >= 0.6 is 0 Å². The lowest BCUT2D eigenvalue weighted by atomic mass is 10.2. The molecule has 8 heteroatoms. The first kappa shape index (κ1) is 9.06. The van der Waals surface area contributed by atoms with E-state index in [-0.39, 0.29) is 10.8 Å². The molecule has 1 aromatic heterocycles.